The lowest BCUT2D eigenvalue weighted by Gasteiger charge is -2.25. The van der Waals surface area contributed by atoms with Crippen LogP contribution in [0.1, 0.15) is 45.2 Å². The first-order valence-corrected chi connectivity index (χ1v) is 9.68. The summed E-state index contributed by atoms with van der Waals surface area (Å²) in [7, 11) is 0. The van der Waals surface area contributed by atoms with Gasteiger partial charge < -0.3 is 14.8 Å². The molecule has 1 N–H and O–H groups in total. The summed E-state index contributed by atoms with van der Waals surface area (Å²) in [6.07, 6.45) is 1.06. The summed E-state index contributed by atoms with van der Waals surface area (Å²) in [5.74, 6) is 1.41. The molecule has 0 spiro atoms. The number of hydrogen-bond acceptors (Lipinski definition) is 3. The van der Waals surface area contributed by atoms with E-state index in [-0.39, 0.29) is 5.54 Å². The molecular formula is C21H27Cl2NO2. The molecule has 0 aliphatic carbocycles. The van der Waals surface area contributed by atoms with Gasteiger partial charge in [-0.1, -0.05) is 42.3 Å². The highest BCUT2D eigenvalue weighted by Crippen LogP contribution is 2.31. The Morgan fingerprint density at radius 1 is 0.962 bits per heavy atom. The van der Waals surface area contributed by atoms with E-state index < -0.39 is 0 Å². The van der Waals surface area contributed by atoms with Crippen molar-refractivity contribution >= 4 is 23.2 Å². The molecule has 142 valence electrons. The average molecular weight is 396 g/mol. The van der Waals surface area contributed by atoms with Crippen LogP contribution in [0.4, 0.5) is 0 Å². The molecule has 0 atom stereocenters. The van der Waals surface area contributed by atoms with Crippen molar-refractivity contribution < 1.29 is 9.47 Å². The molecule has 0 bridgehead atoms. The van der Waals surface area contributed by atoms with Crippen molar-refractivity contribution in [3.8, 4) is 11.5 Å². The first-order chi connectivity index (χ1) is 12.4. The first kappa shape index (κ1) is 20.9. The van der Waals surface area contributed by atoms with Crippen molar-refractivity contribution in [1.82, 2.24) is 5.32 Å². The average Bonchev–Trinajstić information content (AvgIpc) is 2.61. The molecule has 0 aliphatic heterocycles. The molecule has 3 nitrogen and oxygen atoms in total. The summed E-state index contributed by atoms with van der Waals surface area (Å²) in [6.45, 7) is 10.2. The fraction of sp³-hybridized carbons (Fsp3) is 0.429. The fourth-order valence-electron chi connectivity index (χ4n) is 2.34. The van der Waals surface area contributed by atoms with Gasteiger partial charge in [-0.15, -0.1) is 0 Å². The van der Waals surface area contributed by atoms with Crippen LogP contribution in [0.15, 0.2) is 36.4 Å². The van der Waals surface area contributed by atoms with Crippen LogP contribution in [0.5, 0.6) is 11.5 Å². The van der Waals surface area contributed by atoms with Crippen LogP contribution in [0.25, 0.3) is 0 Å². The fourth-order valence-corrected chi connectivity index (χ4v) is 2.84. The van der Waals surface area contributed by atoms with Gasteiger partial charge in [0.15, 0.2) is 11.5 Å². The summed E-state index contributed by atoms with van der Waals surface area (Å²) in [5.41, 5.74) is 2.02. The highest BCUT2D eigenvalue weighted by Gasteiger charge is 2.15. The zero-order valence-corrected chi connectivity index (χ0v) is 17.4. The molecule has 0 saturated carbocycles. The third-order valence-corrected chi connectivity index (χ3v) is 5.10. The van der Waals surface area contributed by atoms with E-state index in [0.717, 1.165) is 29.8 Å². The lowest BCUT2D eigenvalue weighted by atomic mass is 10.0. The van der Waals surface area contributed by atoms with Crippen LogP contribution in [0.3, 0.4) is 0 Å². The molecule has 0 aliphatic rings. The molecule has 0 amide bonds. The Bertz CT molecular complexity index is 712. The van der Waals surface area contributed by atoms with Gasteiger partial charge in [0.2, 0.25) is 0 Å². The number of rotatable bonds is 9. The molecule has 0 saturated heterocycles. The maximum absolute atomic E-state index is 6.22. The van der Waals surface area contributed by atoms with Crippen molar-refractivity contribution in [2.45, 2.75) is 52.8 Å². The van der Waals surface area contributed by atoms with Gasteiger partial charge in [0.05, 0.1) is 6.61 Å². The van der Waals surface area contributed by atoms with E-state index in [1.807, 2.05) is 31.2 Å². The van der Waals surface area contributed by atoms with Crippen molar-refractivity contribution in [1.29, 1.82) is 0 Å². The minimum absolute atomic E-state index is 0.0990. The molecule has 2 rings (SSSR count). The molecule has 0 fully saturated rings. The van der Waals surface area contributed by atoms with Crippen LogP contribution >= 0.6 is 23.2 Å². The molecule has 0 radical (unpaired) electrons. The second-order valence-electron chi connectivity index (χ2n) is 6.79. The van der Waals surface area contributed by atoms with Crippen LogP contribution in [-0.4, -0.2) is 12.1 Å². The largest absolute Gasteiger partial charge is 0.490 e. The summed E-state index contributed by atoms with van der Waals surface area (Å²) in [5, 5.41) is 4.75. The Balaban J connectivity index is 2.13. The normalized spacial score (nSPS) is 11.5. The molecular weight excluding hydrogens is 369 g/mol. The number of hydrogen-bond donors (Lipinski definition) is 1. The Morgan fingerprint density at radius 3 is 2.27 bits per heavy atom. The quantitative estimate of drug-likeness (QED) is 0.544. The SMILES string of the molecule is CCOc1cc(CNC(C)(C)CC)ccc1OCc1c(Cl)cccc1Cl. The predicted molar refractivity (Wildman–Crippen MR) is 110 cm³/mol. The Hall–Kier alpha value is -1.42. The predicted octanol–water partition coefficient (Wildman–Crippen LogP) is 6.25. The maximum Gasteiger partial charge on any atom is 0.161 e. The molecule has 2 aromatic carbocycles. The van der Waals surface area contributed by atoms with Gasteiger partial charge >= 0.3 is 0 Å². The minimum Gasteiger partial charge on any atom is -0.490 e. The second kappa shape index (κ2) is 9.50. The zero-order valence-electron chi connectivity index (χ0n) is 15.9. The Morgan fingerprint density at radius 2 is 1.65 bits per heavy atom. The molecule has 0 unspecified atom stereocenters. The van der Waals surface area contributed by atoms with Crippen LogP contribution in [0, 0.1) is 0 Å². The molecule has 0 heterocycles. The van der Waals surface area contributed by atoms with Gasteiger partial charge in [-0.3, -0.25) is 0 Å². The second-order valence-corrected chi connectivity index (χ2v) is 7.61. The van der Waals surface area contributed by atoms with Crippen LogP contribution < -0.4 is 14.8 Å². The van der Waals surface area contributed by atoms with E-state index in [1.54, 1.807) is 12.1 Å². The van der Waals surface area contributed by atoms with Crippen molar-refractivity contribution in [2.24, 2.45) is 0 Å². The third-order valence-electron chi connectivity index (χ3n) is 4.40. The van der Waals surface area contributed by atoms with Crippen molar-refractivity contribution in [2.75, 3.05) is 6.61 Å². The molecule has 26 heavy (non-hydrogen) atoms. The number of ether oxygens (including phenoxy) is 2. The highest BCUT2D eigenvalue weighted by molar-refractivity contribution is 6.35. The van der Waals surface area contributed by atoms with Gasteiger partial charge in [0.1, 0.15) is 6.61 Å². The molecule has 5 heteroatoms. The molecule has 2 aromatic rings. The van der Waals surface area contributed by atoms with Gasteiger partial charge in [-0.05, 0) is 57.0 Å². The van der Waals surface area contributed by atoms with Gasteiger partial charge in [0, 0.05) is 27.7 Å². The monoisotopic (exact) mass is 395 g/mol. The topological polar surface area (TPSA) is 30.5 Å². The summed E-state index contributed by atoms with van der Waals surface area (Å²) in [4.78, 5) is 0. The van der Waals surface area contributed by atoms with Crippen molar-refractivity contribution in [3.63, 3.8) is 0 Å². The number of benzene rings is 2. The van der Waals surface area contributed by atoms with Crippen molar-refractivity contribution in [3.05, 3.63) is 57.6 Å². The van der Waals surface area contributed by atoms with E-state index in [2.05, 4.69) is 26.1 Å². The summed E-state index contributed by atoms with van der Waals surface area (Å²) < 4.78 is 11.7. The minimum atomic E-state index is 0.0990. The maximum atomic E-state index is 6.22. The van der Waals surface area contributed by atoms with E-state index in [1.165, 1.54) is 0 Å². The number of nitrogens with one attached hydrogen (secondary N) is 1. The van der Waals surface area contributed by atoms with E-state index in [4.69, 9.17) is 32.7 Å². The lowest BCUT2D eigenvalue weighted by molar-refractivity contribution is 0.269. The standard InChI is InChI=1S/C21H27Cl2NO2/c1-5-21(3,4)24-13-15-10-11-19(20(12-15)25-6-2)26-14-16-17(22)8-7-9-18(16)23/h7-12,24H,5-6,13-14H2,1-4H3. The van der Waals surface area contributed by atoms with Gasteiger partial charge in [-0.2, -0.15) is 0 Å². The van der Waals surface area contributed by atoms with E-state index in [9.17, 15) is 0 Å². The van der Waals surface area contributed by atoms with Crippen LogP contribution in [0.2, 0.25) is 10.0 Å². The first-order valence-electron chi connectivity index (χ1n) is 8.92. The van der Waals surface area contributed by atoms with Gasteiger partial charge in [-0.25, -0.2) is 0 Å². The Kier molecular flexibility index (Phi) is 7.63. The number of halogens is 2. The summed E-state index contributed by atoms with van der Waals surface area (Å²) in [6, 6.07) is 11.4. The third kappa shape index (κ3) is 5.80. The zero-order chi connectivity index (χ0) is 19.2. The highest BCUT2D eigenvalue weighted by atomic mass is 35.5. The van der Waals surface area contributed by atoms with Gasteiger partial charge in [0.25, 0.3) is 0 Å². The molecule has 0 aromatic heterocycles. The summed E-state index contributed by atoms with van der Waals surface area (Å²) >= 11 is 12.4. The van der Waals surface area contributed by atoms with E-state index in [0.29, 0.717) is 29.0 Å². The smallest absolute Gasteiger partial charge is 0.161 e. The van der Waals surface area contributed by atoms with E-state index >= 15 is 0 Å². The van der Waals surface area contributed by atoms with Crippen LogP contribution in [-0.2, 0) is 13.2 Å². The Labute approximate surface area is 166 Å². The lowest BCUT2D eigenvalue weighted by Crippen LogP contribution is -2.37.